The molecule has 2 aromatic rings. The van der Waals surface area contributed by atoms with Crippen LogP contribution in [0.15, 0.2) is 35.5 Å². The van der Waals surface area contributed by atoms with E-state index in [9.17, 15) is 26.3 Å². The first-order valence-electron chi connectivity index (χ1n) is 8.73. The van der Waals surface area contributed by atoms with E-state index in [1.807, 2.05) is 0 Å². The zero-order chi connectivity index (χ0) is 21.8. The summed E-state index contributed by atoms with van der Waals surface area (Å²) in [6, 6.07) is 4.25. The Labute approximate surface area is 163 Å². The summed E-state index contributed by atoms with van der Waals surface area (Å²) in [5, 5.41) is 9.20. The van der Waals surface area contributed by atoms with Crippen LogP contribution >= 0.6 is 0 Å². The lowest BCUT2D eigenvalue weighted by molar-refractivity contribution is -0.142. The fourth-order valence-corrected chi connectivity index (χ4v) is 2.65. The second kappa shape index (κ2) is 8.75. The molecule has 0 spiro atoms. The summed E-state index contributed by atoms with van der Waals surface area (Å²) < 4.78 is 78.9. The van der Waals surface area contributed by atoms with E-state index in [-0.39, 0.29) is 18.1 Å². The number of halogens is 6. The van der Waals surface area contributed by atoms with E-state index >= 15 is 0 Å². The van der Waals surface area contributed by atoms with Crippen molar-refractivity contribution < 1.29 is 26.3 Å². The Balaban J connectivity index is 2.20. The van der Waals surface area contributed by atoms with Gasteiger partial charge in [0.05, 0.1) is 18.2 Å². The first-order chi connectivity index (χ1) is 13.4. The van der Waals surface area contributed by atoms with Crippen molar-refractivity contribution in [2.45, 2.75) is 38.8 Å². The van der Waals surface area contributed by atoms with Crippen molar-refractivity contribution in [3.63, 3.8) is 0 Å². The largest absolute Gasteiger partial charge is 0.435 e. The van der Waals surface area contributed by atoms with E-state index in [1.165, 1.54) is 25.4 Å². The lowest BCUT2D eigenvalue weighted by Gasteiger charge is -2.19. The van der Waals surface area contributed by atoms with Crippen LogP contribution in [0.3, 0.4) is 0 Å². The van der Waals surface area contributed by atoms with E-state index < -0.39 is 29.7 Å². The van der Waals surface area contributed by atoms with Gasteiger partial charge in [0.25, 0.3) is 0 Å². The Morgan fingerprint density at radius 3 is 2.45 bits per heavy atom. The smallest absolute Gasteiger partial charge is 0.357 e. The number of benzene rings is 1. The molecule has 0 aliphatic rings. The second-order valence-corrected chi connectivity index (χ2v) is 6.36. The lowest BCUT2D eigenvalue weighted by atomic mass is 10.1. The van der Waals surface area contributed by atoms with Gasteiger partial charge in [-0.3, -0.25) is 4.68 Å². The SMILES string of the molecule is CCNC(=NCc1cn(C)nc1C(F)(F)F)NC(C)c1cccc(C(F)(F)F)c1. The standard InChI is InChI=1S/C18H21F6N5/c1-4-25-16(26-9-13-10-29(3)28-15(13)18(22,23)24)27-11(2)12-6-5-7-14(8-12)17(19,20)21/h5-8,10-11H,4,9H2,1-3H3,(H2,25,26,27). The highest BCUT2D eigenvalue weighted by Crippen LogP contribution is 2.31. The average molecular weight is 421 g/mol. The molecule has 1 atom stereocenters. The maximum Gasteiger partial charge on any atom is 0.435 e. The molecule has 0 amide bonds. The normalized spacial score (nSPS) is 14.0. The Morgan fingerprint density at radius 1 is 1.17 bits per heavy atom. The van der Waals surface area contributed by atoms with Gasteiger partial charge in [-0.1, -0.05) is 12.1 Å². The molecule has 0 fully saturated rings. The van der Waals surface area contributed by atoms with E-state index in [1.54, 1.807) is 13.8 Å². The summed E-state index contributed by atoms with van der Waals surface area (Å²) in [6.07, 6.45) is -7.85. The fourth-order valence-electron chi connectivity index (χ4n) is 2.65. The highest BCUT2D eigenvalue weighted by Gasteiger charge is 2.36. The van der Waals surface area contributed by atoms with Crippen LogP contribution in [0.25, 0.3) is 0 Å². The maximum atomic E-state index is 13.1. The zero-order valence-electron chi connectivity index (χ0n) is 16.0. The zero-order valence-corrected chi connectivity index (χ0v) is 16.0. The quantitative estimate of drug-likeness (QED) is 0.431. The van der Waals surface area contributed by atoms with Crippen molar-refractivity contribution in [3.05, 3.63) is 52.8 Å². The number of nitrogens with zero attached hydrogens (tertiary/aromatic N) is 3. The summed E-state index contributed by atoms with van der Waals surface area (Å²) in [6.45, 7) is 3.51. The van der Waals surface area contributed by atoms with Gasteiger partial charge in [-0.2, -0.15) is 31.4 Å². The summed E-state index contributed by atoms with van der Waals surface area (Å²) in [7, 11) is 1.38. The van der Waals surface area contributed by atoms with E-state index in [4.69, 9.17) is 0 Å². The van der Waals surface area contributed by atoms with E-state index in [2.05, 4.69) is 20.7 Å². The van der Waals surface area contributed by atoms with Gasteiger partial charge in [-0.15, -0.1) is 0 Å². The van der Waals surface area contributed by atoms with Crippen LogP contribution in [0.4, 0.5) is 26.3 Å². The van der Waals surface area contributed by atoms with Gasteiger partial charge in [0.15, 0.2) is 11.7 Å². The molecule has 1 unspecified atom stereocenters. The number of hydrogen-bond acceptors (Lipinski definition) is 2. The first-order valence-corrected chi connectivity index (χ1v) is 8.73. The number of alkyl halides is 6. The number of aliphatic imine (C=N–C) groups is 1. The molecule has 29 heavy (non-hydrogen) atoms. The molecule has 160 valence electrons. The molecule has 2 N–H and O–H groups in total. The number of nitrogens with one attached hydrogen (secondary N) is 2. The van der Waals surface area contributed by atoms with Gasteiger partial charge in [0, 0.05) is 25.4 Å². The number of rotatable bonds is 5. The summed E-state index contributed by atoms with van der Waals surface area (Å²) in [5.74, 6) is 0.175. The third-order valence-corrected chi connectivity index (χ3v) is 3.99. The second-order valence-electron chi connectivity index (χ2n) is 6.36. The summed E-state index contributed by atoms with van der Waals surface area (Å²) in [4.78, 5) is 4.13. The minimum Gasteiger partial charge on any atom is -0.357 e. The van der Waals surface area contributed by atoms with Gasteiger partial charge >= 0.3 is 12.4 Å². The number of hydrogen-bond donors (Lipinski definition) is 2. The van der Waals surface area contributed by atoms with Crippen molar-refractivity contribution in [2.24, 2.45) is 12.0 Å². The van der Waals surface area contributed by atoms with Crippen LogP contribution in [0.5, 0.6) is 0 Å². The number of guanidine groups is 1. The molecule has 11 heteroatoms. The van der Waals surface area contributed by atoms with E-state index in [0.29, 0.717) is 12.1 Å². The molecule has 1 aromatic heterocycles. The molecule has 2 rings (SSSR count). The molecule has 0 aliphatic heterocycles. The van der Waals surface area contributed by atoms with Crippen molar-refractivity contribution in [2.75, 3.05) is 6.54 Å². The average Bonchev–Trinajstić information content (AvgIpc) is 3.00. The maximum absolute atomic E-state index is 13.1. The molecule has 0 saturated heterocycles. The van der Waals surface area contributed by atoms with Crippen LogP contribution < -0.4 is 10.6 Å². The monoisotopic (exact) mass is 421 g/mol. The molecule has 0 aliphatic carbocycles. The molecule has 5 nitrogen and oxygen atoms in total. The topological polar surface area (TPSA) is 54.2 Å². The third-order valence-electron chi connectivity index (χ3n) is 3.99. The highest BCUT2D eigenvalue weighted by atomic mass is 19.4. The summed E-state index contributed by atoms with van der Waals surface area (Å²) >= 11 is 0. The van der Waals surface area contributed by atoms with Gasteiger partial charge in [0.2, 0.25) is 0 Å². The Kier molecular flexibility index (Phi) is 6.81. The Morgan fingerprint density at radius 2 is 1.86 bits per heavy atom. The predicted octanol–water partition coefficient (Wildman–Crippen LogP) is 4.27. The minimum absolute atomic E-state index is 0.107. The summed E-state index contributed by atoms with van der Waals surface area (Å²) in [5.41, 5.74) is -1.55. The first kappa shape index (κ1) is 22.6. The fraction of sp³-hybridized carbons (Fsp3) is 0.444. The van der Waals surface area contributed by atoms with Crippen molar-refractivity contribution in [1.82, 2.24) is 20.4 Å². The van der Waals surface area contributed by atoms with Crippen molar-refractivity contribution in [1.29, 1.82) is 0 Å². The lowest BCUT2D eigenvalue weighted by Crippen LogP contribution is -2.38. The van der Waals surface area contributed by atoms with Crippen molar-refractivity contribution >= 4 is 5.96 Å². The number of aromatic nitrogens is 2. The highest BCUT2D eigenvalue weighted by molar-refractivity contribution is 5.80. The van der Waals surface area contributed by atoms with E-state index in [0.717, 1.165) is 16.8 Å². The van der Waals surface area contributed by atoms with Gasteiger partial charge in [0.1, 0.15) is 0 Å². The molecule has 0 radical (unpaired) electrons. The molecule has 0 saturated carbocycles. The third kappa shape index (κ3) is 6.13. The van der Waals surface area contributed by atoms with Gasteiger partial charge in [-0.25, -0.2) is 4.99 Å². The number of aryl methyl sites for hydroxylation is 1. The van der Waals surface area contributed by atoms with Gasteiger partial charge in [-0.05, 0) is 31.5 Å². The van der Waals surface area contributed by atoms with Crippen LogP contribution in [-0.2, 0) is 25.9 Å². The van der Waals surface area contributed by atoms with Crippen LogP contribution in [0, 0.1) is 0 Å². The van der Waals surface area contributed by atoms with Crippen LogP contribution in [0.2, 0.25) is 0 Å². The Bertz CT molecular complexity index is 853. The Hall–Kier alpha value is -2.72. The van der Waals surface area contributed by atoms with Crippen LogP contribution in [-0.4, -0.2) is 22.3 Å². The molecule has 0 bridgehead atoms. The molecular formula is C18H21F6N5. The molecule has 1 aromatic carbocycles. The predicted molar refractivity (Wildman–Crippen MR) is 96.0 cm³/mol. The van der Waals surface area contributed by atoms with Gasteiger partial charge < -0.3 is 10.6 Å². The molecule has 1 heterocycles. The minimum atomic E-state index is -4.61. The van der Waals surface area contributed by atoms with Crippen molar-refractivity contribution in [3.8, 4) is 0 Å². The van der Waals surface area contributed by atoms with Crippen LogP contribution in [0.1, 0.15) is 42.3 Å². The molecular weight excluding hydrogens is 400 g/mol.